The summed E-state index contributed by atoms with van der Waals surface area (Å²) in [7, 11) is 0. The number of aromatic nitrogens is 5. The van der Waals surface area contributed by atoms with Gasteiger partial charge in [0.1, 0.15) is 24.4 Å². The molecule has 1 aliphatic heterocycles. The van der Waals surface area contributed by atoms with E-state index < -0.39 is 12.7 Å². The third-order valence-corrected chi connectivity index (χ3v) is 6.04. The summed E-state index contributed by atoms with van der Waals surface area (Å²) in [6.07, 6.45) is -2.98. The van der Waals surface area contributed by atoms with Crippen LogP contribution in [0.1, 0.15) is 5.69 Å². The van der Waals surface area contributed by atoms with Crippen molar-refractivity contribution in [3.63, 3.8) is 0 Å². The number of hydrogen-bond donors (Lipinski definition) is 1. The van der Waals surface area contributed by atoms with Crippen molar-refractivity contribution < 1.29 is 17.9 Å². The minimum absolute atomic E-state index is 0.0298. The van der Waals surface area contributed by atoms with E-state index in [-0.39, 0.29) is 40.7 Å². The molecule has 5 rings (SSSR count). The molecule has 3 unspecified atom stereocenters. The van der Waals surface area contributed by atoms with Crippen molar-refractivity contribution in [2.75, 3.05) is 16.8 Å². The number of fused-ring (bicyclic) bond motifs is 1. The molecule has 3 atom stereocenters. The molecule has 0 spiro atoms. The quantitative estimate of drug-likeness (QED) is 0.532. The van der Waals surface area contributed by atoms with E-state index in [2.05, 4.69) is 36.8 Å². The highest BCUT2D eigenvalue weighted by atomic mass is 35.5. The Balaban J connectivity index is 1.32. The molecule has 33 heavy (non-hydrogen) atoms. The van der Waals surface area contributed by atoms with Crippen molar-refractivity contribution in [1.82, 2.24) is 24.7 Å². The van der Waals surface area contributed by atoms with Crippen LogP contribution >= 0.6 is 11.6 Å². The average Bonchev–Trinajstić information content (AvgIpc) is 3.08. The minimum atomic E-state index is -4.50. The zero-order chi connectivity index (χ0) is 23.3. The molecule has 2 aromatic heterocycles. The maximum atomic E-state index is 13.1. The average molecular weight is 478 g/mol. The van der Waals surface area contributed by atoms with Crippen LogP contribution < -0.4 is 15.0 Å². The van der Waals surface area contributed by atoms with Gasteiger partial charge in [0.2, 0.25) is 5.95 Å². The molecule has 8 nitrogen and oxygen atoms in total. The molecule has 1 saturated carbocycles. The number of halogens is 4. The summed E-state index contributed by atoms with van der Waals surface area (Å²) >= 11 is 6.07. The highest BCUT2D eigenvalue weighted by molar-refractivity contribution is 6.32. The topological polar surface area (TPSA) is 81.0 Å². The second-order valence-corrected chi connectivity index (χ2v) is 8.41. The first kappa shape index (κ1) is 21.5. The molecule has 3 heterocycles. The molecule has 0 radical (unpaired) electrons. The molecular formula is C21H19ClF3N7O. The maximum absolute atomic E-state index is 13.1. The first-order valence-corrected chi connectivity index (χ1v) is 10.5. The summed E-state index contributed by atoms with van der Waals surface area (Å²) < 4.78 is 45.5. The van der Waals surface area contributed by atoms with Gasteiger partial charge in [0.15, 0.2) is 0 Å². The number of nitrogens with zero attached hydrogens (tertiary/aromatic N) is 6. The van der Waals surface area contributed by atoms with Crippen LogP contribution in [0.2, 0.25) is 5.02 Å². The lowest BCUT2D eigenvalue weighted by Crippen LogP contribution is -2.72. The number of piperidine rings is 1. The fourth-order valence-electron chi connectivity index (χ4n) is 4.17. The Kier molecular flexibility index (Phi) is 5.15. The normalized spacial score (nSPS) is 21.8. The monoisotopic (exact) mass is 477 g/mol. The summed E-state index contributed by atoms with van der Waals surface area (Å²) in [6, 6.07) is 7.99. The van der Waals surface area contributed by atoms with Gasteiger partial charge in [-0.25, -0.2) is 14.6 Å². The van der Waals surface area contributed by atoms with Gasteiger partial charge >= 0.3 is 12.2 Å². The van der Waals surface area contributed by atoms with Crippen LogP contribution in [0, 0.1) is 12.8 Å². The molecule has 3 aromatic rings. The molecular weight excluding hydrogens is 459 g/mol. The second kappa shape index (κ2) is 7.91. The number of rotatable bonds is 6. The lowest BCUT2D eigenvalue weighted by atomic mass is 9.63. The molecule has 2 aliphatic rings. The fourth-order valence-corrected chi connectivity index (χ4v) is 4.35. The lowest BCUT2D eigenvalue weighted by Gasteiger charge is -2.61. The van der Waals surface area contributed by atoms with Gasteiger partial charge in [-0.1, -0.05) is 30.3 Å². The minimum Gasteiger partial charge on any atom is -0.423 e. The third kappa shape index (κ3) is 4.08. The highest BCUT2D eigenvalue weighted by Gasteiger charge is 2.56. The van der Waals surface area contributed by atoms with Gasteiger partial charge in [-0.3, -0.25) is 0 Å². The maximum Gasteiger partial charge on any atom is 0.408 e. The first-order chi connectivity index (χ1) is 15.7. The Labute approximate surface area is 192 Å². The van der Waals surface area contributed by atoms with Crippen molar-refractivity contribution in [3.05, 3.63) is 59.5 Å². The summed E-state index contributed by atoms with van der Waals surface area (Å²) in [6.45, 7) is 5.42. The van der Waals surface area contributed by atoms with Crippen LogP contribution in [0.3, 0.4) is 0 Å². The second-order valence-electron chi connectivity index (χ2n) is 8.00. The van der Waals surface area contributed by atoms with Gasteiger partial charge in [-0.05, 0) is 24.6 Å². The van der Waals surface area contributed by atoms with E-state index in [4.69, 9.17) is 16.3 Å². The number of nitrogens with one attached hydrogen (secondary N) is 1. The van der Waals surface area contributed by atoms with Crippen molar-refractivity contribution in [3.8, 4) is 11.8 Å². The summed E-state index contributed by atoms with van der Waals surface area (Å²) in [4.78, 5) is 14.7. The van der Waals surface area contributed by atoms with Crippen molar-refractivity contribution in [2.45, 2.75) is 31.7 Å². The third-order valence-electron chi connectivity index (χ3n) is 5.73. The Morgan fingerprint density at radius 1 is 1.27 bits per heavy atom. The molecule has 0 bridgehead atoms. The molecule has 1 aliphatic carbocycles. The zero-order valence-electron chi connectivity index (χ0n) is 17.4. The van der Waals surface area contributed by atoms with Gasteiger partial charge in [0.25, 0.3) is 0 Å². The number of aryl methyl sites for hydroxylation is 1. The van der Waals surface area contributed by atoms with Gasteiger partial charge in [-0.2, -0.15) is 18.2 Å². The predicted octanol–water partition coefficient (Wildman–Crippen LogP) is 4.24. The number of alkyl halides is 3. The van der Waals surface area contributed by atoms with Gasteiger partial charge in [0, 0.05) is 24.2 Å². The van der Waals surface area contributed by atoms with Crippen LogP contribution in [-0.2, 0) is 6.54 Å². The standard InChI is InChI=1S/C21H19ClF3N7O/c1-11-7-16(27-10-26-11)31-8-13-17(12(2)18(13)31)28-19-29-20(32(30-19)9-21(23,24)25)33-15-6-4-3-5-14(15)22/h3-7,10,13,17-18H,2,8-9H2,1H3,(H,28,30). The van der Waals surface area contributed by atoms with E-state index in [0.29, 0.717) is 4.68 Å². The number of anilines is 2. The van der Waals surface area contributed by atoms with Crippen LogP contribution in [0.15, 0.2) is 48.8 Å². The highest BCUT2D eigenvalue weighted by Crippen LogP contribution is 2.48. The van der Waals surface area contributed by atoms with Crippen LogP contribution in [0.25, 0.3) is 0 Å². The number of hydrogen-bond acceptors (Lipinski definition) is 7. The van der Waals surface area contributed by atoms with Crippen molar-refractivity contribution in [2.24, 2.45) is 5.92 Å². The van der Waals surface area contributed by atoms with Crippen molar-refractivity contribution >= 4 is 23.4 Å². The molecule has 2 fully saturated rings. The largest absolute Gasteiger partial charge is 0.423 e. The Morgan fingerprint density at radius 2 is 2.06 bits per heavy atom. The first-order valence-electron chi connectivity index (χ1n) is 10.1. The van der Waals surface area contributed by atoms with E-state index in [0.717, 1.165) is 23.6 Å². The SMILES string of the molecule is C=C1C(Nc2nc(Oc3ccccc3Cl)n(CC(F)(F)F)n2)C2CN(c3cc(C)ncn3)C12. The van der Waals surface area contributed by atoms with E-state index in [9.17, 15) is 13.2 Å². The lowest BCUT2D eigenvalue weighted by molar-refractivity contribution is -0.143. The summed E-state index contributed by atoms with van der Waals surface area (Å²) in [5.74, 6) is 1.26. The Morgan fingerprint density at radius 3 is 2.76 bits per heavy atom. The van der Waals surface area contributed by atoms with Gasteiger partial charge in [0.05, 0.1) is 17.1 Å². The van der Waals surface area contributed by atoms with E-state index in [1.165, 1.54) is 12.4 Å². The van der Waals surface area contributed by atoms with Gasteiger partial charge in [-0.15, -0.1) is 5.10 Å². The van der Waals surface area contributed by atoms with Crippen LogP contribution in [-0.4, -0.2) is 49.5 Å². The summed E-state index contributed by atoms with van der Waals surface area (Å²) in [5.41, 5.74) is 1.76. The number of benzene rings is 1. The van der Waals surface area contributed by atoms with E-state index in [1.54, 1.807) is 18.2 Å². The molecule has 0 amide bonds. The number of para-hydroxylation sites is 1. The fraction of sp³-hybridized carbons (Fsp3) is 0.333. The molecule has 1 aromatic carbocycles. The smallest absolute Gasteiger partial charge is 0.408 e. The molecule has 172 valence electrons. The van der Waals surface area contributed by atoms with Gasteiger partial charge < -0.3 is 15.0 Å². The Hall–Kier alpha value is -3.34. The van der Waals surface area contributed by atoms with E-state index >= 15 is 0 Å². The molecule has 12 heteroatoms. The molecule has 1 N–H and O–H groups in total. The van der Waals surface area contributed by atoms with Crippen LogP contribution in [0.4, 0.5) is 24.9 Å². The zero-order valence-corrected chi connectivity index (χ0v) is 18.2. The van der Waals surface area contributed by atoms with Crippen molar-refractivity contribution in [1.29, 1.82) is 0 Å². The van der Waals surface area contributed by atoms with Crippen LogP contribution in [0.5, 0.6) is 11.8 Å². The summed E-state index contributed by atoms with van der Waals surface area (Å²) in [5, 5.41) is 7.34. The Bertz CT molecular complexity index is 1210. The van der Waals surface area contributed by atoms with E-state index in [1.807, 2.05) is 13.0 Å². The molecule has 1 saturated heterocycles. The number of ether oxygens (including phenoxy) is 1. The predicted molar refractivity (Wildman–Crippen MR) is 116 cm³/mol.